The highest BCUT2D eigenvalue weighted by atomic mass is 32.1. The maximum Gasteiger partial charge on any atom is 0.330 e. The van der Waals surface area contributed by atoms with Gasteiger partial charge in [0.1, 0.15) is 0 Å². The minimum absolute atomic E-state index is 0.0501. The number of nitrogens with zero attached hydrogens (tertiary/aromatic N) is 4. The lowest BCUT2D eigenvalue weighted by atomic mass is 10.2. The molecule has 0 aromatic carbocycles. The molecule has 0 aliphatic carbocycles. The molecule has 8 heteroatoms. The van der Waals surface area contributed by atoms with Gasteiger partial charge in [-0.25, -0.2) is 9.78 Å². The fraction of sp³-hybridized carbons (Fsp3) is 0.421. The largest absolute Gasteiger partial charge is 0.383 e. The molecule has 27 heavy (non-hydrogen) atoms. The number of rotatable bonds is 5. The van der Waals surface area contributed by atoms with Crippen molar-refractivity contribution in [2.24, 2.45) is 0 Å². The first kappa shape index (κ1) is 17.9. The van der Waals surface area contributed by atoms with Crippen molar-refractivity contribution in [3.63, 3.8) is 0 Å². The monoisotopic (exact) mass is 386 g/mol. The number of hydrogen-bond donors (Lipinski definition) is 0. The number of hydrogen-bond acceptors (Lipinski definition) is 5. The Hall–Kier alpha value is -2.45. The third kappa shape index (κ3) is 3.08. The Kier molecular flexibility index (Phi) is 4.84. The van der Waals surface area contributed by atoms with E-state index in [1.165, 1.54) is 11.3 Å². The lowest BCUT2D eigenvalue weighted by molar-refractivity contribution is 0.0792. The quantitative estimate of drug-likeness (QED) is 0.675. The van der Waals surface area contributed by atoms with Crippen molar-refractivity contribution in [1.29, 1.82) is 0 Å². The van der Waals surface area contributed by atoms with Gasteiger partial charge in [-0.05, 0) is 42.5 Å². The van der Waals surface area contributed by atoms with Crippen molar-refractivity contribution in [2.75, 3.05) is 26.8 Å². The number of ether oxygens (including phenoxy) is 1. The molecule has 1 fully saturated rings. The molecule has 1 amide bonds. The average molecular weight is 386 g/mol. The number of aryl methyl sites for hydroxylation is 1. The first-order valence-electron chi connectivity index (χ1n) is 9.00. The SMILES string of the molecule is COCCn1c(=O)n([C@@H]2CCN(C(=O)c3sccc3C)C2)c2ncccc21. The van der Waals surface area contributed by atoms with Crippen molar-refractivity contribution in [3.05, 3.63) is 50.7 Å². The van der Waals surface area contributed by atoms with E-state index in [1.54, 1.807) is 22.4 Å². The summed E-state index contributed by atoms with van der Waals surface area (Å²) in [6.07, 6.45) is 2.45. The van der Waals surface area contributed by atoms with Gasteiger partial charge in [0.25, 0.3) is 5.91 Å². The minimum Gasteiger partial charge on any atom is -0.383 e. The van der Waals surface area contributed by atoms with Gasteiger partial charge in [-0.15, -0.1) is 11.3 Å². The molecular formula is C19H22N4O3S. The third-order valence-corrected chi connectivity index (χ3v) is 6.12. The summed E-state index contributed by atoms with van der Waals surface area (Å²) in [5.41, 5.74) is 2.39. The Balaban J connectivity index is 1.66. The van der Waals surface area contributed by atoms with Gasteiger partial charge in [0.15, 0.2) is 5.65 Å². The summed E-state index contributed by atoms with van der Waals surface area (Å²) in [7, 11) is 1.62. The summed E-state index contributed by atoms with van der Waals surface area (Å²) < 4.78 is 8.60. The molecule has 1 atom stereocenters. The van der Waals surface area contributed by atoms with E-state index in [9.17, 15) is 9.59 Å². The first-order chi connectivity index (χ1) is 13.1. The number of thiophene rings is 1. The highest BCUT2D eigenvalue weighted by molar-refractivity contribution is 7.12. The Labute approximate surface area is 160 Å². The van der Waals surface area contributed by atoms with Gasteiger partial charge in [0.2, 0.25) is 0 Å². The molecule has 0 radical (unpaired) electrons. The summed E-state index contributed by atoms with van der Waals surface area (Å²) in [4.78, 5) is 33.0. The average Bonchev–Trinajstić information content (AvgIpc) is 3.37. The lowest BCUT2D eigenvalue weighted by Gasteiger charge is -2.16. The number of likely N-dealkylation sites (tertiary alicyclic amines) is 1. The van der Waals surface area contributed by atoms with Crippen molar-refractivity contribution in [3.8, 4) is 0 Å². The normalized spacial score (nSPS) is 17.1. The summed E-state index contributed by atoms with van der Waals surface area (Å²) in [5.74, 6) is 0.0501. The molecule has 3 aromatic rings. The molecule has 7 nitrogen and oxygen atoms in total. The van der Waals surface area contributed by atoms with Gasteiger partial charge in [-0.1, -0.05) is 0 Å². The number of carbonyl (C=O) groups is 1. The molecule has 1 aliphatic rings. The number of methoxy groups -OCH3 is 1. The van der Waals surface area contributed by atoms with Gasteiger partial charge in [-0.3, -0.25) is 13.9 Å². The predicted molar refractivity (Wildman–Crippen MR) is 104 cm³/mol. The number of aromatic nitrogens is 3. The lowest BCUT2D eigenvalue weighted by Crippen LogP contribution is -2.32. The number of amides is 1. The van der Waals surface area contributed by atoms with Crippen LogP contribution in [0.1, 0.15) is 27.7 Å². The van der Waals surface area contributed by atoms with Gasteiger partial charge in [0.05, 0.1) is 29.6 Å². The molecule has 3 aromatic heterocycles. The van der Waals surface area contributed by atoms with Gasteiger partial charge in [-0.2, -0.15) is 0 Å². The molecule has 4 rings (SSSR count). The topological polar surface area (TPSA) is 69.4 Å². The zero-order valence-corrected chi connectivity index (χ0v) is 16.2. The van der Waals surface area contributed by atoms with E-state index in [-0.39, 0.29) is 17.6 Å². The highest BCUT2D eigenvalue weighted by Crippen LogP contribution is 2.27. The molecule has 1 aliphatic heterocycles. The summed E-state index contributed by atoms with van der Waals surface area (Å²) >= 11 is 1.47. The van der Waals surface area contributed by atoms with Crippen LogP contribution in [-0.4, -0.2) is 51.7 Å². The van der Waals surface area contributed by atoms with E-state index >= 15 is 0 Å². The Morgan fingerprint density at radius 1 is 1.41 bits per heavy atom. The van der Waals surface area contributed by atoms with E-state index in [1.807, 2.05) is 35.4 Å². The Morgan fingerprint density at radius 2 is 2.26 bits per heavy atom. The van der Waals surface area contributed by atoms with E-state index in [0.717, 1.165) is 22.4 Å². The number of pyridine rings is 1. The van der Waals surface area contributed by atoms with Crippen molar-refractivity contribution >= 4 is 28.4 Å². The van der Waals surface area contributed by atoms with Crippen LogP contribution >= 0.6 is 11.3 Å². The molecule has 1 saturated heterocycles. The van der Waals surface area contributed by atoms with E-state index < -0.39 is 0 Å². The van der Waals surface area contributed by atoms with Crippen LogP contribution in [0.4, 0.5) is 0 Å². The van der Waals surface area contributed by atoms with E-state index in [2.05, 4.69) is 4.98 Å². The van der Waals surface area contributed by atoms with Crippen molar-refractivity contribution in [1.82, 2.24) is 19.0 Å². The van der Waals surface area contributed by atoms with Crippen LogP contribution in [0.3, 0.4) is 0 Å². The van der Waals surface area contributed by atoms with Gasteiger partial charge < -0.3 is 9.64 Å². The second kappa shape index (κ2) is 7.28. The molecule has 0 spiro atoms. The van der Waals surface area contributed by atoms with Crippen LogP contribution in [0, 0.1) is 6.92 Å². The maximum atomic E-state index is 13.1. The first-order valence-corrected chi connectivity index (χ1v) is 9.88. The summed E-state index contributed by atoms with van der Waals surface area (Å²) in [6, 6.07) is 5.63. The molecular weight excluding hydrogens is 364 g/mol. The van der Waals surface area contributed by atoms with E-state index in [0.29, 0.717) is 31.9 Å². The van der Waals surface area contributed by atoms with Crippen LogP contribution in [0.15, 0.2) is 34.6 Å². The van der Waals surface area contributed by atoms with Crippen LogP contribution in [0.2, 0.25) is 0 Å². The third-order valence-electron chi connectivity index (χ3n) is 5.11. The Morgan fingerprint density at radius 3 is 3.00 bits per heavy atom. The summed E-state index contributed by atoms with van der Waals surface area (Å²) in [6.45, 7) is 4.06. The molecule has 0 unspecified atom stereocenters. The highest BCUT2D eigenvalue weighted by Gasteiger charge is 2.32. The number of fused-ring (bicyclic) bond motifs is 1. The fourth-order valence-electron chi connectivity index (χ4n) is 3.71. The van der Waals surface area contributed by atoms with Crippen molar-refractivity contribution in [2.45, 2.75) is 25.9 Å². The zero-order chi connectivity index (χ0) is 19.0. The zero-order valence-electron chi connectivity index (χ0n) is 15.4. The van der Waals surface area contributed by atoms with E-state index in [4.69, 9.17) is 4.74 Å². The van der Waals surface area contributed by atoms with Crippen LogP contribution in [0.25, 0.3) is 11.2 Å². The number of imidazole rings is 1. The molecule has 0 saturated carbocycles. The Bertz CT molecular complexity index is 1040. The molecule has 142 valence electrons. The second-order valence-electron chi connectivity index (χ2n) is 6.77. The second-order valence-corrected chi connectivity index (χ2v) is 7.69. The van der Waals surface area contributed by atoms with Crippen LogP contribution in [0.5, 0.6) is 0 Å². The maximum absolute atomic E-state index is 13.1. The standard InChI is InChI=1S/C19H22N4O3S/c1-13-6-11-27-16(13)18(24)21-8-5-14(12-21)23-17-15(4-3-7-20-17)22(19(23)25)9-10-26-2/h3-4,6-7,11,14H,5,8-10,12H2,1-2H3/t14-/m1/s1. The minimum atomic E-state index is -0.0904. The molecule has 4 heterocycles. The number of carbonyl (C=O) groups excluding carboxylic acids is 1. The molecule has 0 N–H and O–H groups in total. The smallest absolute Gasteiger partial charge is 0.330 e. The van der Waals surface area contributed by atoms with Crippen molar-refractivity contribution < 1.29 is 9.53 Å². The molecule has 0 bridgehead atoms. The van der Waals surface area contributed by atoms with Gasteiger partial charge in [0, 0.05) is 26.4 Å². The predicted octanol–water partition coefficient (Wildman–Crippen LogP) is 2.30. The van der Waals surface area contributed by atoms with Crippen LogP contribution < -0.4 is 5.69 Å². The van der Waals surface area contributed by atoms with Crippen LogP contribution in [-0.2, 0) is 11.3 Å². The fourth-order valence-corrected chi connectivity index (χ4v) is 4.60. The summed E-state index contributed by atoms with van der Waals surface area (Å²) in [5, 5.41) is 1.94. The van der Waals surface area contributed by atoms with Gasteiger partial charge >= 0.3 is 5.69 Å².